The molecule has 0 amide bonds. The molecule has 0 aliphatic heterocycles. The van der Waals surface area contributed by atoms with Gasteiger partial charge in [0.05, 0.1) is 16.6 Å². The second-order valence-corrected chi connectivity index (χ2v) is 4.94. The van der Waals surface area contributed by atoms with E-state index in [0.717, 1.165) is 18.2 Å². The van der Waals surface area contributed by atoms with Gasteiger partial charge in [-0.3, -0.25) is 15.5 Å². The second-order valence-electron chi connectivity index (χ2n) is 4.03. The number of hydrogen-bond acceptors (Lipinski definition) is 4. The zero-order valence-electron chi connectivity index (χ0n) is 10.5. The molecule has 0 radical (unpaired) electrons. The lowest BCUT2D eigenvalue weighted by Crippen LogP contribution is -2.12. The van der Waals surface area contributed by atoms with Crippen molar-refractivity contribution in [2.24, 2.45) is 5.73 Å². The third-order valence-corrected chi connectivity index (χ3v) is 3.07. The number of nitrogen functional groups attached to an aromatic ring is 1. The summed E-state index contributed by atoms with van der Waals surface area (Å²) in [5, 5.41) is 18.0. The van der Waals surface area contributed by atoms with Gasteiger partial charge in [0.15, 0.2) is 11.6 Å². The molecular weight excluding hydrogens is 345 g/mol. The Morgan fingerprint density at radius 2 is 2.00 bits per heavy atom. The molecule has 2 aromatic rings. The van der Waals surface area contributed by atoms with E-state index in [0.29, 0.717) is 4.47 Å². The molecule has 0 saturated carbocycles. The van der Waals surface area contributed by atoms with Crippen molar-refractivity contribution < 1.29 is 14.1 Å². The average Bonchev–Trinajstić information content (AvgIpc) is 2.40. The monoisotopic (exact) mass is 353 g/mol. The van der Waals surface area contributed by atoms with Crippen LogP contribution in [0.4, 0.5) is 10.1 Å². The van der Waals surface area contributed by atoms with Crippen molar-refractivity contribution in [3.8, 4) is 11.5 Å². The third-order valence-electron chi connectivity index (χ3n) is 2.58. The highest BCUT2D eigenvalue weighted by Gasteiger charge is 2.15. The first-order chi connectivity index (χ1) is 9.88. The summed E-state index contributed by atoms with van der Waals surface area (Å²) in [5.74, 6) is -1.13. The minimum Gasteiger partial charge on any atom is -0.453 e. The van der Waals surface area contributed by atoms with Crippen molar-refractivity contribution >= 4 is 27.5 Å². The number of nitro groups is 1. The first-order valence-corrected chi connectivity index (χ1v) is 6.43. The van der Waals surface area contributed by atoms with Crippen molar-refractivity contribution in [3.05, 3.63) is 62.4 Å². The average molecular weight is 354 g/mol. The SMILES string of the molecule is N=C(N)c1ccc(Br)cc1Oc1ccc([N+](=O)[O-])cc1F. The van der Waals surface area contributed by atoms with Gasteiger partial charge in [-0.25, -0.2) is 4.39 Å². The summed E-state index contributed by atoms with van der Waals surface area (Å²) in [5.41, 5.74) is 5.34. The van der Waals surface area contributed by atoms with Crippen LogP contribution in [-0.2, 0) is 0 Å². The predicted octanol–water partition coefficient (Wildman–Crippen LogP) is 3.57. The summed E-state index contributed by atoms with van der Waals surface area (Å²) in [7, 11) is 0. The highest BCUT2D eigenvalue weighted by atomic mass is 79.9. The van der Waals surface area contributed by atoms with Crippen LogP contribution in [-0.4, -0.2) is 10.8 Å². The zero-order valence-corrected chi connectivity index (χ0v) is 12.1. The van der Waals surface area contributed by atoms with E-state index >= 15 is 0 Å². The Morgan fingerprint density at radius 3 is 2.57 bits per heavy atom. The van der Waals surface area contributed by atoms with Crippen LogP contribution in [0.15, 0.2) is 40.9 Å². The van der Waals surface area contributed by atoms with Crippen LogP contribution in [0, 0.1) is 21.3 Å². The molecule has 2 aromatic carbocycles. The van der Waals surface area contributed by atoms with Gasteiger partial charge in [0.25, 0.3) is 5.69 Å². The number of nitrogens with zero attached hydrogens (tertiary/aromatic N) is 1. The van der Waals surface area contributed by atoms with Crippen LogP contribution >= 0.6 is 15.9 Å². The van der Waals surface area contributed by atoms with Gasteiger partial charge in [-0.05, 0) is 24.3 Å². The van der Waals surface area contributed by atoms with Gasteiger partial charge in [-0.2, -0.15) is 0 Å². The maximum atomic E-state index is 13.8. The fourth-order valence-electron chi connectivity index (χ4n) is 1.61. The van der Waals surface area contributed by atoms with Crippen LogP contribution in [0.5, 0.6) is 11.5 Å². The van der Waals surface area contributed by atoms with E-state index in [1.54, 1.807) is 12.1 Å². The lowest BCUT2D eigenvalue weighted by molar-refractivity contribution is -0.385. The number of amidine groups is 1. The lowest BCUT2D eigenvalue weighted by atomic mass is 10.2. The molecule has 2 rings (SSSR count). The normalized spacial score (nSPS) is 10.2. The van der Waals surface area contributed by atoms with Crippen molar-refractivity contribution in [3.63, 3.8) is 0 Å². The Bertz CT molecular complexity index is 737. The number of halogens is 2. The molecule has 0 bridgehead atoms. The summed E-state index contributed by atoms with van der Waals surface area (Å²) in [6.45, 7) is 0. The number of hydrogen-bond donors (Lipinski definition) is 2. The molecule has 0 aromatic heterocycles. The van der Waals surface area contributed by atoms with Gasteiger partial charge < -0.3 is 10.5 Å². The number of nitrogens with two attached hydrogens (primary N) is 1. The summed E-state index contributed by atoms with van der Waals surface area (Å²) in [6.07, 6.45) is 0. The van der Waals surface area contributed by atoms with Gasteiger partial charge in [-0.1, -0.05) is 15.9 Å². The van der Waals surface area contributed by atoms with Crippen molar-refractivity contribution in [1.29, 1.82) is 5.41 Å². The van der Waals surface area contributed by atoms with E-state index in [1.165, 1.54) is 6.07 Å². The molecule has 0 aliphatic carbocycles. The molecule has 0 aliphatic rings. The van der Waals surface area contributed by atoms with Crippen LogP contribution in [0.25, 0.3) is 0 Å². The molecule has 6 nitrogen and oxygen atoms in total. The Kier molecular flexibility index (Phi) is 4.18. The summed E-state index contributed by atoms with van der Waals surface area (Å²) in [4.78, 5) is 9.86. The van der Waals surface area contributed by atoms with Crippen molar-refractivity contribution in [2.45, 2.75) is 0 Å². The second kappa shape index (κ2) is 5.88. The number of nitro benzene ring substituents is 1. The number of rotatable bonds is 4. The highest BCUT2D eigenvalue weighted by molar-refractivity contribution is 9.10. The van der Waals surface area contributed by atoms with Crippen LogP contribution < -0.4 is 10.5 Å². The molecule has 0 atom stereocenters. The molecule has 0 fully saturated rings. The lowest BCUT2D eigenvalue weighted by Gasteiger charge is -2.11. The molecule has 0 heterocycles. The molecule has 108 valence electrons. The highest BCUT2D eigenvalue weighted by Crippen LogP contribution is 2.31. The van der Waals surface area contributed by atoms with Gasteiger partial charge in [0.2, 0.25) is 0 Å². The van der Waals surface area contributed by atoms with Gasteiger partial charge in [-0.15, -0.1) is 0 Å². The van der Waals surface area contributed by atoms with Crippen LogP contribution in [0.3, 0.4) is 0 Å². The van der Waals surface area contributed by atoms with E-state index in [9.17, 15) is 14.5 Å². The Labute approximate surface area is 127 Å². The number of ether oxygens (including phenoxy) is 1. The maximum Gasteiger partial charge on any atom is 0.272 e. The zero-order chi connectivity index (χ0) is 15.6. The molecule has 21 heavy (non-hydrogen) atoms. The minimum atomic E-state index is -0.876. The molecule has 3 N–H and O–H groups in total. The standard InChI is InChI=1S/C13H9BrFN3O3/c14-7-1-3-9(13(16)17)12(5-7)21-11-4-2-8(18(19)20)6-10(11)15/h1-6H,(H3,16,17). The quantitative estimate of drug-likeness (QED) is 0.379. The summed E-state index contributed by atoms with van der Waals surface area (Å²) < 4.78 is 19.8. The first-order valence-electron chi connectivity index (χ1n) is 5.64. The third kappa shape index (κ3) is 3.34. The molecule has 0 unspecified atom stereocenters. The molecular formula is C13H9BrFN3O3. The van der Waals surface area contributed by atoms with E-state index in [1.807, 2.05) is 0 Å². The van der Waals surface area contributed by atoms with Crippen molar-refractivity contribution in [1.82, 2.24) is 0 Å². The summed E-state index contributed by atoms with van der Waals surface area (Å²) in [6, 6.07) is 7.78. The maximum absolute atomic E-state index is 13.8. The van der Waals surface area contributed by atoms with Crippen LogP contribution in [0.2, 0.25) is 0 Å². The Balaban J connectivity index is 2.40. The summed E-state index contributed by atoms with van der Waals surface area (Å²) >= 11 is 3.23. The fourth-order valence-corrected chi connectivity index (χ4v) is 1.95. The Morgan fingerprint density at radius 1 is 1.29 bits per heavy atom. The molecule has 0 saturated heterocycles. The topological polar surface area (TPSA) is 102 Å². The van der Waals surface area contributed by atoms with Gasteiger partial charge >= 0.3 is 0 Å². The largest absolute Gasteiger partial charge is 0.453 e. The molecule has 8 heteroatoms. The first kappa shape index (κ1) is 14.9. The van der Waals surface area contributed by atoms with Crippen molar-refractivity contribution in [2.75, 3.05) is 0 Å². The van der Waals surface area contributed by atoms with Gasteiger partial charge in [0.1, 0.15) is 11.6 Å². The fraction of sp³-hybridized carbons (Fsp3) is 0. The smallest absolute Gasteiger partial charge is 0.272 e. The van der Waals surface area contributed by atoms with Gasteiger partial charge in [0, 0.05) is 10.5 Å². The number of non-ortho nitro benzene ring substituents is 1. The van der Waals surface area contributed by atoms with E-state index < -0.39 is 10.7 Å². The van der Waals surface area contributed by atoms with E-state index in [2.05, 4.69) is 15.9 Å². The predicted molar refractivity (Wildman–Crippen MR) is 78.3 cm³/mol. The molecule has 0 spiro atoms. The Hall–Kier alpha value is -2.48. The van der Waals surface area contributed by atoms with E-state index in [4.69, 9.17) is 15.9 Å². The van der Waals surface area contributed by atoms with E-state index in [-0.39, 0.29) is 28.6 Å². The minimum absolute atomic E-state index is 0.171. The van der Waals surface area contributed by atoms with Crippen LogP contribution in [0.1, 0.15) is 5.56 Å². The number of nitrogens with one attached hydrogen (secondary N) is 1. The number of benzene rings is 2.